The molecule has 128 valence electrons. The van der Waals surface area contributed by atoms with Gasteiger partial charge in [-0.05, 0) is 31.5 Å². The van der Waals surface area contributed by atoms with Crippen LogP contribution in [-0.4, -0.2) is 30.1 Å². The molecule has 1 amide bonds. The third kappa shape index (κ3) is 5.66. The van der Waals surface area contributed by atoms with Crippen LogP contribution in [0.4, 0.5) is 5.13 Å². The van der Waals surface area contributed by atoms with Gasteiger partial charge in [-0.1, -0.05) is 12.1 Å². The fourth-order valence-electron chi connectivity index (χ4n) is 2.02. The monoisotopic (exact) mass is 348 g/mol. The Kier molecular flexibility index (Phi) is 6.74. The summed E-state index contributed by atoms with van der Waals surface area (Å²) < 4.78 is 10.2. The lowest BCUT2D eigenvalue weighted by Crippen LogP contribution is -2.14. The summed E-state index contributed by atoms with van der Waals surface area (Å²) in [6, 6.07) is 7.40. The molecule has 7 heteroatoms. The molecule has 1 aromatic heterocycles. The molecule has 0 atom stereocenters. The summed E-state index contributed by atoms with van der Waals surface area (Å²) in [5, 5.41) is 4.96. The summed E-state index contributed by atoms with van der Waals surface area (Å²) >= 11 is 1.29. The third-order valence-corrected chi connectivity index (χ3v) is 3.83. The molecule has 0 saturated carbocycles. The molecule has 0 unspecified atom stereocenters. The van der Waals surface area contributed by atoms with Crippen molar-refractivity contribution in [2.24, 2.45) is 0 Å². The fourth-order valence-corrected chi connectivity index (χ4v) is 2.75. The van der Waals surface area contributed by atoms with Crippen molar-refractivity contribution >= 4 is 28.3 Å². The lowest BCUT2D eigenvalue weighted by atomic mass is 10.1. The Morgan fingerprint density at radius 1 is 1.12 bits per heavy atom. The largest absolute Gasteiger partial charge is 0.494 e. The Hall–Kier alpha value is -2.41. The second-order valence-corrected chi connectivity index (χ2v) is 5.79. The number of hydrogen-bond acceptors (Lipinski definition) is 6. The maximum Gasteiger partial charge on any atom is 0.311 e. The molecule has 1 N–H and O–H groups in total. The average Bonchev–Trinajstić information content (AvgIpc) is 2.96. The number of anilines is 1. The first kappa shape index (κ1) is 17.9. The van der Waals surface area contributed by atoms with Crippen LogP contribution in [0.1, 0.15) is 25.1 Å². The first-order chi connectivity index (χ1) is 11.6. The number of carbonyl (C=O) groups excluding carboxylic acids is 2. The third-order valence-electron chi connectivity index (χ3n) is 3.03. The van der Waals surface area contributed by atoms with Gasteiger partial charge in [0.2, 0.25) is 5.91 Å². The van der Waals surface area contributed by atoms with Crippen LogP contribution < -0.4 is 10.1 Å². The van der Waals surface area contributed by atoms with Crippen molar-refractivity contribution in [3.63, 3.8) is 0 Å². The van der Waals surface area contributed by atoms with Gasteiger partial charge < -0.3 is 14.8 Å². The van der Waals surface area contributed by atoms with Gasteiger partial charge in [0.1, 0.15) is 5.75 Å². The summed E-state index contributed by atoms with van der Waals surface area (Å²) in [6.45, 7) is 4.63. The highest BCUT2D eigenvalue weighted by molar-refractivity contribution is 7.13. The topological polar surface area (TPSA) is 77.5 Å². The zero-order valence-electron chi connectivity index (χ0n) is 13.7. The average molecular weight is 348 g/mol. The summed E-state index contributed by atoms with van der Waals surface area (Å²) in [6.07, 6.45) is 0.359. The number of aromatic nitrogens is 1. The van der Waals surface area contributed by atoms with Gasteiger partial charge in [0.25, 0.3) is 0 Å². The van der Waals surface area contributed by atoms with E-state index in [2.05, 4.69) is 10.3 Å². The maximum absolute atomic E-state index is 12.1. The molecule has 0 bridgehead atoms. The molecule has 1 heterocycles. The van der Waals surface area contributed by atoms with Crippen LogP contribution in [0.2, 0.25) is 0 Å². The van der Waals surface area contributed by atoms with E-state index in [9.17, 15) is 9.59 Å². The van der Waals surface area contributed by atoms with Crippen molar-refractivity contribution in [3.8, 4) is 5.75 Å². The van der Waals surface area contributed by atoms with Crippen LogP contribution in [0.25, 0.3) is 0 Å². The van der Waals surface area contributed by atoms with E-state index in [-0.39, 0.29) is 24.7 Å². The van der Waals surface area contributed by atoms with Crippen molar-refractivity contribution in [2.45, 2.75) is 26.7 Å². The van der Waals surface area contributed by atoms with E-state index in [0.717, 1.165) is 11.3 Å². The molecule has 24 heavy (non-hydrogen) atoms. The zero-order chi connectivity index (χ0) is 17.4. The smallest absolute Gasteiger partial charge is 0.311 e. The van der Waals surface area contributed by atoms with Crippen molar-refractivity contribution in [1.82, 2.24) is 4.98 Å². The van der Waals surface area contributed by atoms with E-state index >= 15 is 0 Å². The van der Waals surface area contributed by atoms with Crippen LogP contribution in [-0.2, 0) is 27.2 Å². The SMILES string of the molecule is CCOC(=O)Cc1csc(NC(=O)Cc2ccc(OCC)cc2)n1. The van der Waals surface area contributed by atoms with Crippen LogP contribution in [0.15, 0.2) is 29.6 Å². The molecule has 0 aliphatic rings. The highest BCUT2D eigenvalue weighted by Gasteiger charge is 2.11. The van der Waals surface area contributed by atoms with Gasteiger partial charge in [0.15, 0.2) is 5.13 Å². The lowest BCUT2D eigenvalue weighted by Gasteiger charge is -2.05. The quantitative estimate of drug-likeness (QED) is 0.742. The Morgan fingerprint density at radius 2 is 1.88 bits per heavy atom. The molecule has 0 aliphatic carbocycles. The number of nitrogens with one attached hydrogen (secondary N) is 1. The predicted octanol–water partition coefficient (Wildman–Crippen LogP) is 2.83. The molecule has 0 aliphatic heterocycles. The Labute approximate surface area is 144 Å². The highest BCUT2D eigenvalue weighted by atomic mass is 32.1. The summed E-state index contributed by atoms with van der Waals surface area (Å²) in [4.78, 5) is 27.7. The number of ether oxygens (including phenoxy) is 2. The Balaban J connectivity index is 1.86. The molecule has 1 aromatic carbocycles. The number of hydrogen-bond donors (Lipinski definition) is 1. The number of thiazole rings is 1. The number of esters is 1. The summed E-state index contributed by atoms with van der Waals surface area (Å²) in [7, 11) is 0. The van der Waals surface area contributed by atoms with E-state index in [1.807, 2.05) is 31.2 Å². The minimum absolute atomic E-state index is 0.110. The molecular formula is C17H20N2O4S. The summed E-state index contributed by atoms with van der Waals surface area (Å²) in [5.74, 6) is 0.302. The lowest BCUT2D eigenvalue weighted by molar-refractivity contribution is -0.142. The van der Waals surface area contributed by atoms with Gasteiger partial charge in [0.05, 0.1) is 31.7 Å². The van der Waals surface area contributed by atoms with Crippen molar-refractivity contribution in [3.05, 3.63) is 40.9 Å². The Bertz CT molecular complexity index is 682. The van der Waals surface area contributed by atoms with Gasteiger partial charge in [0, 0.05) is 5.38 Å². The molecule has 6 nitrogen and oxygen atoms in total. The van der Waals surface area contributed by atoms with Crippen molar-refractivity contribution in [1.29, 1.82) is 0 Å². The van der Waals surface area contributed by atoms with Crippen LogP contribution >= 0.6 is 11.3 Å². The van der Waals surface area contributed by atoms with Crippen molar-refractivity contribution < 1.29 is 19.1 Å². The van der Waals surface area contributed by atoms with Gasteiger partial charge in [-0.15, -0.1) is 11.3 Å². The van der Waals surface area contributed by atoms with Gasteiger partial charge in [-0.3, -0.25) is 9.59 Å². The van der Waals surface area contributed by atoms with Crippen LogP contribution in [0, 0.1) is 0 Å². The number of nitrogens with zero attached hydrogens (tertiary/aromatic N) is 1. The molecule has 2 aromatic rings. The maximum atomic E-state index is 12.1. The standard InChI is InChI=1S/C17H20N2O4S/c1-3-22-14-7-5-12(6-8-14)9-15(20)19-17-18-13(11-24-17)10-16(21)23-4-2/h5-8,11H,3-4,9-10H2,1-2H3,(H,18,19,20). The van der Waals surface area contributed by atoms with Gasteiger partial charge in [-0.2, -0.15) is 0 Å². The minimum Gasteiger partial charge on any atom is -0.494 e. The summed E-state index contributed by atoms with van der Waals surface area (Å²) in [5.41, 5.74) is 1.48. The van der Waals surface area contributed by atoms with Crippen LogP contribution in [0.3, 0.4) is 0 Å². The molecule has 0 saturated heterocycles. The predicted molar refractivity (Wildman–Crippen MR) is 92.4 cm³/mol. The van der Waals surface area contributed by atoms with E-state index in [4.69, 9.17) is 9.47 Å². The molecular weight excluding hydrogens is 328 g/mol. The van der Waals surface area contributed by atoms with E-state index in [1.54, 1.807) is 12.3 Å². The zero-order valence-corrected chi connectivity index (χ0v) is 14.5. The van der Waals surface area contributed by atoms with E-state index < -0.39 is 0 Å². The van der Waals surface area contributed by atoms with Crippen LogP contribution in [0.5, 0.6) is 5.75 Å². The molecule has 2 rings (SSSR count). The second-order valence-electron chi connectivity index (χ2n) is 4.93. The fraction of sp³-hybridized carbons (Fsp3) is 0.353. The highest BCUT2D eigenvalue weighted by Crippen LogP contribution is 2.17. The normalized spacial score (nSPS) is 10.2. The first-order valence-corrected chi connectivity index (χ1v) is 8.60. The number of amides is 1. The molecule has 0 fully saturated rings. The minimum atomic E-state index is -0.324. The number of benzene rings is 1. The van der Waals surface area contributed by atoms with Gasteiger partial charge >= 0.3 is 5.97 Å². The Morgan fingerprint density at radius 3 is 2.54 bits per heavy atom. The van der Waals surface area contributed by atoms with E-state index in [1.165, 1.54) is 11.3 Å². The van der Waals surface area contributed by atoms with Crippen molar-refractivity contribution in [2.75, 3.05) is 18.5 Å². The molecule has 0 radical (unpaired) electrons. The first-order valence-electron chi connectivity index (χ1n) is 7.72. The number of carbonyl (C=O) groups is 2. The second kappa shape index (κ2) is 9.02. The van der Waals surface area contributed by atoms with Gasteiger partial charge in [-0.25, -0.2) is 4.98 Å². The number of rotatable bonds is 8. The van der Waals surface area contributed by atoms with E-state index in [0.29, 0.717) is 24.0 Å². The molecule has 0 spiro atoms.